The van der Waals surface area contributed by atoms with Gasteiger partial charge in [0.2, 0.25) is 0 Å². The standard InChI is InChI=1S/C23H26N3O/c24-21-4-3-5-23(16-21)27-18-20-8-6-19(7-9-20)17-25-14-10-22(11-15-25)26-12-1-2-13-26/h3-11,14-16H,1-2,12-13,17-18,24H2/q+1. The Morgan fingerprint density at radius 3 is 2.30 bits per heavy atom. The summed E-state index contributed by atoms with van der Waals surface area (Å²) in [5.74, 6) is 0.799. The van der Waals surface area contributed by atoms with E-state index in [1.165, 1.54) is 37.2 Å². The molecule has 0 saturated carbocycles. The first kappa shape index (κ1) is 17.4. The zero-order valence-corrected chi connectivity index (χ0v) is 15.6. The number of hydrogen-bond acceptors (Lipinski definition) is 3. The summed E-state index contributed by atoms with van der Waals surface area (Å²) in [5.41, 5.74) is 10.3. The van der Waals surface area contributed by atoms with Gasteiger partial charge in [-0.25, -0.2) is 4.57 Å². The fraction of sp³-hybridized carbons (Fsp3) is 0.261. The Kier molecular flexibility index (Phi) is 5.24. The van der Waals surface area contributed by atoms with Gasteiger partial charge in [0, 0.05) is 48.2 Å². The smallest absolute Gasteiger partial charge is 0.173 e. The van der Waals surface area contributed by atoms with Crippen molar-refractivity contribution >= 4 is 11.4 Å². The van der Waals surface area contributed by atoms with Gasteiger partial charge >= 0.3 is 0 Å². The molecule has 1 aliphatic rings. The van der Waals surface area contributed by atoms with Crippen molar-refractivity contribution in [3.8, 4) is 5.75 Å². The average molecular weight is 360 g/mol. The van der Waals surface area contributed by atoms with Gasteiger partial charge in [0.05, 0.1) is 0 Å². The summed E-state index contributed by atoms with van der Waals surface area (Å²) in [6.45, 7) is 3.78. The molecule has 0 unspecified atom stereocenters. The summed E-state index contributed by atoms with van der Waals surface area (Å²) in [6, 6.07) is 20.6. The van der Waals surface area contributed by atoms with E-state index in [9.17, 15) is 0 Å². The Morgan fingerprint density at radius 2 is 1.59 bits per heavy atom. The first-order chi connectivity index (χ1) is 13.3. The van der Waals surface area contributed by atoms with Crippen molar-refractivity contribution in [2.75, 3.05) is 23.7 Å². The van der Waals surface area contributed by atoms with Crippen LogP contribution >= 0.6 is 0 Å². The third kappa shape index (κ3) is 4.59. The molecule has 4 heteroatoms. The molecule has 2 heterocycles. The van der Waals surface area contributed by atoms with E-state index in [-0.39, 0.29) is 0 Å². The summed E-state index contributed by atoms with van der Waals surface area (Å²) in [6.07, 6.45) is 6.96. The minimum atomic E-state index is 0.543. The van der Waals surface area contributed by atoms with E-state index in [0.717, 1.165) is 23.5 Å². The van der Waals surface area contributed by atoms with Crippen molar-refractivity contribution in [2.45, 2.75) is 26.0 Å². The second-order valence-corrected chi connectivity index (χ2v) is 7.10. The summed E-state index contributed by atoms with van der Waals surface area (Å²) in [5, 5.41) is 0. The van der Waals surface area contributed by atoms with Crippen LogP contribution in [0.2, 0.25) is 0 Å². The number of nitrogen functional groups attached to an aromatic ring is 1. The molecule has 1 saturated heterocycles. The SMILES string of the molecule is Nc1cccc(OCc2ccc(C[n+]3ccc(N4CCCC4)cc3)cc2)c1. The summed E-state index contributed by atoms with van der Waals surface area (Å²) in [7, 11) is 0. The van der Waals surface area contributed by atoms with Crippen LogP contribution in [0.4, 0.5) is 11.4 Å². The van der Waals surface area contributed by atoms with E-state index in [1.54, 1.807) is 0 Å². The molecule has 0 radical (unpaired) electrons. The minimum Gasteiger partial charge on any atom is -0.489 e. The van der Waals surface area contributed by atoms with E-state index in [0.29, 0.717) is 6.61 Å². The second kappa shape index (κ2) is 8.12. The summed E-state index contributed by atoms with van der Waals surface area (Å²) in [4.78, 5) is 2.46. The number of ether oxygens (including phenoxy) is 1. The monoisotopic (exact) mass is 360 g/mol. The highest BCUT2D eigenvalue weighted by molar-refractivity contribution is 5.44. The Bertz CT molecular complexity index is 869. The second-order valence-electron chi connectivity index (χ2n) is 7.10. The molecular formula is C23H26N3O+. The molecule has 1 aliphatic heterocycles. The fourth-order valence-corrected chi connectivity index (χ4v) is 3.46. The predicted octanol–water partition coefficient (Wildman–Crippen LogP) is 3.78. The minimum absolute atomic E-state index is 0.543. The maximum absolute atomic E-state index is 5.80. The van der Waals surface area contributed by atoms with E-state index >= 15 is 0 Å². The van der Waals surface area contributed by atoms with Gasteiger partial charge in [0.1, 0.15) is 12.4 Å². The molecule has 0 spiro atoms. The molecule has 4 nitrogen and oxygen atoms in total. The molecule has 4 rings (SSSR count). The van der Waals surface area contributed by atoms with Crippen molar-refractivity contribution in [1.29, 1.82) is 0 Å². The first-order valence-corrected chi connectivity index (χ1v) is 9.56. The van der Waals surface area contributed by atoms with Crippen LogP contribution in [0.25, 0.3) is 0 Å². The number of rotatable bonds is 6. The third-order valence-electron chi connectivity index (χ3n) is 5.00. The lowest BCUT2D eigenvalue weighted by Crippen LogP contribution is -2.33. The van der Waals surface area contributed by atoms with Gasteiger partial charge in [-0.3, -0.25) is 0 Å². The molecule has 2 N–H and O–H groups in total. The molecule has 2 aromatic carbocycles. The van der Waals surface area contributed by atoms with E-state index in [2.05, 4.69) is 58.3 Å². The highest BCUT2D eigenvalue weighted by Crippen LogP contribution is 2.18. The molecule has 0 atom stereocenters. The topological polar surface area (TPSA) is 42.4 Å². The van der Waals surface area contributed by atoms with Crippen LogP contribution in [0, 0.1) is 0 Å². The molecule has 3 aromatic rings. The van der Waals surface area contributed by atoms with Crippen molar-refractivity contribution in [1.82, 2.24) is 0 Å². The summed E-state index contributed by atoms with van der Waals surface area (Å²) < 4.78 is 8.02. The van der Waals surface area contributed by atoms with Gasteiger partial charge in [0.25, 0.3) is 0 Å². The Balaban J connectivity index is 1.33. The maximum atomic E-state index is 5.80. The first-order valence-electron chi connectivity index (χ1n) is 9.56. The van der Waals surface area contributed by atoms with Crippen LogP contribution in [0.5, 0.6) is 5.75 Å². The number of aromatic nitrogens is 1. The van der Waals surface area contributed by atoms with Gasteiger partial charge < -0.3 is 15.4 Å². The highest BCUT2D eigenvalue weighted by Gasteiger charge is 2.13. The Hall–Kier alpha value is -3.01. The molecule has 27 heavy (non-hydrogen) atoms. The molecule has 0 bridgehead atoms. The van der Waals surface area contributed by atoms with Crippen LogP contribution in [-0.4, -0.2) is 13.1 Å². The molecule has 0 amide bonds. The van der Waals surface area contributed by atoms with Crippen LogP contribution in [0.15, 0.2) is 73.1 Å². The average Bonchev–Trinajstić information content (AvgIpc) is 3.23. The van der Waals surface area contributed by atoms with Crippen molar-refractivity contribution in [3.05, 3.63) is 84.2 Å². The molecule has 138 valence electrons. The molecular weight excluding hydrogens is 334 g/mol. The third-order valence-corrected chi connectivity index (χ3v) is 5.00. The van der Waals surface area contributed by atoms with E-state index < -0.39 is 0 Å². The Morgan fingerprint density at radius 1 is 0.889 bits per heavy atom. The number of benzene rings is 2. The fourth-order valence-electron chi connectivity index (χ4n) is 3.46. The van der Waals surface area contributed by atoms with Gasteiger partial charge in [0.15, 0.2) is 18.9 Å². The predicted molar refractivity (Wildman–Crippen MR) is 109 cm³/mol. The number of nitrogens with zero attached hydrogens (tertiary/aromatic N) is 2. The maximum Gasteiger partial charge on any atom is 0.173 e. The summed E-state index contributed by atoms with van der Waals surface area (Å²) >= 11 is 0. The van der Waals surface area contributed by atoms with Crippen molar-refractivity contribution < 1.29 is 9.30 Å². The van der Waals surface area contributed by atoms with Gasteiger partial charge in [-0.15, -0.1) is 0 Å². The number of anilines is 2. The zero-order valence-electron chi connectivity index (χ0n) is 15.6. The van der Waals surface area contributed by atoms with Crippen LogP contribution in [0.3, 0.4) is 0 Å². The molecule has 1 aromatic heterocycles. The zero-order chi connectivity index (χ0) is 18.5. The van der Waals surface area contributed by atoms with Gasteiger partial charge in [-0.2, -0.15) is 0 Å². The highest BCUT2D eigenvalue weighted by atomic mass is 16.5. The van der Waals surface area contributed by atoms with Gasteiger partial charge in [-0.1, -0.05) is 30.3 Å². The lowest BCUT2D eigenvalue weighted by Gasteiger charge is -2.16. The molecule has 1 fully saturated rings. The Labute approximate surface area is 160 Å². The number of pyridine rings is 1. The van der Waals surface area contributed by atoms with Gasteiger partial charge in [-0.05, 0) is 30.5 Å². The largest absolute Gasteiger partial charge is 0.489 e. The van der Waals surface area contributed by atoms with Crippen LogP contribution in [0.1, 0.15) is 24.0 Å². The van der Waals surface area contributed by atoms with Crippen molar-refractivity contribution in [3.63, 3.8) is 0 Å². The van der Waals surface area contributed by atoms with Crippen LogP contribution in [-0.2, 0) is 13.2 Å². The van der Waals surface area contributed by atoms with Crippen molar-refractivity contribution in [2.24, 2.45) is 0 Å². The van der Waals surface area contributed by atoms with E-state index in [4.69, 9.17) is 10.5 Å². The normalized spacial score (nSPS) is 13.7. The number of hydrogen-bond donors (Lipinski definition) is 1. The lowest BCUT2D eigenvalue weighted by atomic mass is 10.1. The van der Waals surface area contributed by atoms with Crippen LogP contribution < -0.4 is 19.9 Å². The molecule has 0 aliphatic carbocycles. The van der Waals surface area contributed by atoms with E-state index in [1.807, 2.05) is 24.3 Å². The number of nitrogens with two attached hydrogens (primary N) is 1. The lowest BCUT2D eigenvalue weighted by molar-refractivity contribution is -0.688. The quantitative estimate of drug-likeness (QED) is 0.537.